The second-order valence-electron chi connectivity index (χ2n) is 5.29. The molecule has 0 heterocycles. The smallest absolute Gasteiger partial charge is 0.179 e. The quantitative estimate of drug-likeness (QED) is 0.743. The maximum absolute atomic E-state index is 12.1. The van der Waals surface area contributed by atoms with Crippen LogP contribution in [0.5, 0.6) is 0 Å². The molecule has 4 nitrogen and oxygen atoms in total. The van der Waals surface area contributed by atoms with E-state index >= 15 is 0 Å². The third kappa shape index (κ3) is 3.64. The summed E-state index contributed by atoms with van der Waals surface area (Å²) in [6, 6.07) is 6.34. The number of hydrogen-bond acceptors (Lipinski definition) is 4. The van der Waals surface area contributed by atoms with Gasteiger partial charge < -0.3 is 4.90 Å². The fraction of sp³-hybridized carbons (Fsp3) is 0.500. The van der Waals surface area contributed by atoms with Gasteiger partial charge in [-0.25, -0.2) is 8.42 Å². The third-order valence-corrected chi connectivity index (χ3v) is 4.96. The molecule has 2 rings (SSSR count). The average molecular weight is 281 g/mol. The van der Waals surface area contributed by atoms with Crippen molar-refractivity contribution in [2.24, 2.45) is 5.92 Å². The van der Waals surface area contributed by atoms with Crippen molar-refractivity contribution in [1.82, 2.24) is 4.90 Å². The number of sulfone groups is 1. The molecule has 1 fully saturated rings. The van der Waals surface area contributed by atoms with Crippen LogP contribution in [-0.4, -0.2) is 45.5 Å². The highest BCUT2D eigenvalue weighted by Crippen LogP contribution is 2.32. The molecule has 1 saturated carbocycles. The Balaban J connectivity index is 2.10. The molecule has 1 aliphatic carbocycles. The lowest BCUT2D eigenvalue weighted by Crippen LogP contribution is -2.22. The molecule has 0 spiro atoms. The third-order valence-electron chi connectivity index (χ3n) is 3.25. The van der Waals surface area contributed by atoms with Crippen LogP contribution in [0.25, 0.3) is 0 Å². The van der Waals surface area contributed by atoms with E-state index in [0.717, 1.165) is 12.8 Å². The first-order chi connectivity index (χ1) is 8.90. The molecule has 5 heteroatoms. The summed E-state index contributed by atoms with van der Waals surface area (Å²) in [5.74, 6) is 0.393. The summed E-state index contributed by atoms with van der Waals surface area (Å²) in [7, 11) is 0.425. The van der Waals surface area contributed by atoms with Crippen molar-refractivity contribution >= 4 is 15.6 Å². The van der Waals surface area contributed by atoms with Crippen LogP contribution in [0.15, 0.2) is 29.2 Å². The lowest BCUT2D eigenvalue weighted by atomic mass is 10.1. The van der Waals surface area contributed by atoms with Crippen molar-refractivity contribution in [3.05, 3.63) is 29.8 Å². The van der Waals surface area contributed by atoms with Crippen LogP contribution in [0, 0.1) is 5.92 Å². The Morgan fingerprint density at radius 1 is 1.21 bits per heavy atom. The molecule has 0 N–H and O–H groups in total. The van der Waals surface area contributed by atoms with Gasteiger partial charge in [-0.2, -0.15) is 0 Å². The van der Waals surface area contributed by atoms with Crippen LogP contribution < -0.4 is 0 Å². The number of Topliss-reactive ketones (excluding diaryl/α,β-unsaturated/α-hetero) is 1. The second kappa shape index (κ2) is 5.43. The Morgan fingerprint density at radius 2 is 1.79 bits per heavy atom. The Hall–Kier alpha value is -1.20. The minimum atomic E-state index is -3.26. The molecule has 0 saturated heterocycles. The van der Waals surface area contributed by atoms with E-state index in [1.165, 1.54) is 0 Å². The number of carbonyl (C=O) groups is 1. The van der Waals surface area contributed by atoms with E-state index in [1.807, 2.05) is 19.0 Å². The van der Waals surface area contributed by atoms with E-state index in [0.29, 0.717) is 17.0 Å². The summed E-state index contributed by atoms with van der Waals surface area (Å²) in [5.41, 5.74) is 0.619. The molecule has 104 valence electrons. The molecule has 1 aromatic carbocycles. The van der Waals surface area contributed by atoms with Crippen LogP contribution in [-0.2, 0) is 9.84 Å². The first-order valence-corrected chi connectivity index (χ1v) is 8.07. The molecular weight excluding hydrogens is 262 g/mol. The van der Waals surface area contributed by atoms with Crippen LogP contribution in [0.1, 0.15) is 23.2 Å². The zero-order valence-corrected chi connectivity index (χ0v) is 12.1. The van der Waals surface area contributed by atoms with Crippen molar-refractivity contribution in [2.75, 3.05) is 26.4 Å². The van der Waals surface area contributed by atoms with Gasteiger partial charge >= 0.3 is 0 Å². The monoisotopic (exact) mass is 281 g/mol. The van der Waals surface area contributed by atoms with Gasteiger partial charge in [-0.05, 0) is 39.1 Å². The summed E-state index contributed by atoms with van der Waals surface area (Å²) in [6.07, 6.45) is 1.92. The summed E-state index contributed by atoms with van der Waals surface area (Å²) < 4.78 is 24.1. The van der Waals surface area contributed by atoms with Crippen LogP contribution in [0.4, 0.5) is 0 Å². The highest BCUT2D eigenvalue weighted by molar-refractivity contribution is 7.91. The van der Waals surface area contributed by atoms with Gasteiger partial charge in [0, 0.05) is 18.0 Å². The van der Waals surface area contributed by atoms with Gasteiger partial charge in [-0.1, -0.05) is 12.1 Å². The van der Waals surface area contributed by atoms with Gasteiger partial charge in [0.05, 0.1) is 10.6 Å². The van der Waals surface area contributed by atoms with E-state index in [9.17, 15) is 13.2 Å². The Labute approximate surface area is 114 Å². The molecule has 0 aromatic heterocycles. The van der Waals surface area contributed by atoms with E-state index in [-0.39, 0.29) is 17.5 Å². The van der Waals surface area contributed by atoms with Crippen molar-refractivity contribution < 1.29 is 13.2 Å². The lowest BCUT2D eigenvalue weighted by Gasteiger charge is -2.10. The SMILES string of the molecule is CN(C)CCS(=O)(=O)c1ccc(C(=O)C2CC2)cc1. The largest absolute Gasteiger partial charge is 0.308 e. The number of rotatable bonds is 6. The summed E-state index contributed by atoms with van der Waals surface area (Å²) in [4.78, 5) is 14.0. The van der Waals surface area contributed by atoms with Crippen LogP contribution >= 0.6 is 0 Å². The van der Waals surface area contributed by atoms with Crippen molar-refractivity contribution in [3.8, 4) is 0 Å². The molecule has 0 bridgehead atoms. The van der Waals surface area contributed by atoms with Gasteiger partial charge in [0.2, 0.25) is 0 Å². The molecule has 0 aliphatic heterocycles. The number of hydrogen-bond donors (Lipinski definition) is 0. The number of carbonyl (C=O) groups excluding carboxylic acids is 1. The summed E-state index contributed by atoms with van der Waals surface area (Å²) in [5, 5.41) is 0. The summed E-state index contributed by atoms with van der Waals surface area (Å²) >= 11 is 0. The number of benzene rings is 1. The van der Waals surface area contributed by atoms with E-state index in [2.05, 4.69) is 0 Å². The fourth-order valence-corrected chi connectivity index (χ4v) is 3.22. The Bertz CT molecular complexity index is 557. The highest BCUT2D eigenvalue weighted by atomic mass is 32.2. The van der Waals surface area contributed by atoms with E-state index < -0.39 is 9.84 Å². The van der Waals surface area contributed by atoms with Crippen molar-refractivity contribution in [1.29, 1.82) is 0 Å². The van der Waals surface area contributed by atoms with Gasteiger partial charge in [0.25, 0.3) is 0 Å². The van der Waals surface area contributed by atoms with Crippen LogP contribution in [0.3, 0.4) is 0 Å². The van der Waals surface area contributed by atoms with Gasteiger partial charge in [-0.15, -0.1) is 0 Å². The van der Waals surface area contributed by atoms with Crippen LogP contribution in [0.2, 0.25) is 0 Å². The number of nitrogens with zero attached hydrogens (tertiary/aromatic N) is 1. The molecule has 0 amide bonds. The van der Waals surface area contributed by atoms with E-state index in [1.54, 1.807) is 24.3 Å². The molecule has 1 aliphatic rings. The predicted molar refractivity (Wildman–Crippen MR) is 74.1 cm³/mol. The molecule has 0 unspecified atom stereocenters. The highest BCUT2D eigenvalue weighted by Gasteiger charge is 2.30. The Morgan fingerprint density at radius 3 is 2.26 bits per heavy atom. The lowest BCUT2D eigenvalue weighted by molar-refractivity contribution is 0.0967. The van der Waals surface area contributed by atoms with Gasteiger partial charge in [0.1, 0.15) is 0 Å². The fourth-order valence-electron chi connectivity index (χ4n) is 1.83. The maximum Gasteiger partial charge on any atom is 0.179 e. The van der Waals surface area contributed by atoms with Gasteiger partial charge in [0.15, 0.2) is 15.6 Å². The van der Waals surface area contributed by atoms with Gasteiger partial charge in [-0.3, -0.25) is 4.79 Å². The average Bonchev–Trinajstić information content (AvgIpc) is 3.20. The topological polar surface area (TPSA) is 54.5 Å². The first-order valence-electron chi connectivity index (χ1n) is 6.42. The zero-order chi connectivity index (χ0) is 14.0. The van der Waals surface area contributed by atoms with E-state index in [4.69, 9.17) is 0 Å². The zero-order valence-electron chi connectivity index (χ0n) is 11.3. The summed E-state index contributed by atoms with van der Waals surface area (Å²) in [6.45, 7) is 0.491. The number of ketones is 1. The minimum absolute atomic E-state index is 0.0932. The Kier molecular flexibility index (Phi) is 4.06. The van der Waals surface area contributed by atoms with Crippen molar-refractivity contribution in [2.45, 2.75) is 17.7 Å². The first kappa shape index (κ1) is 14.2. The van der Waals surface area contributed by atoms with Crippen molar-refractivity contribution in [3.63, 3.8) is 0 Å². The normalized spacial score (nSPS) is 15.7. The minimum Gasteiger partial charge on any atom is -0.308 e. The predicted octanol–water partition coefficient (Wildman–Crippen LogP) is 1.61. The molecule has 0 atom stereocenters. The molecule has 1 aromatic rings. The molecule has 19 heavy (non-hydrogen) atoms. The molecule has 0 radical (unpaired) electrons. The molecular formula is C14H19NO3S. The standard InChI is InChI=1S/C14H19NO3S/c1-15(2)9-10-19(17,18)13-7-5-12(6-8-13)14(16)11-3-4-11/h5-8,11H,3-4,9-10H2,1-2H3. The maximum atomic E-state index is 12.1. The second-order valence-corrected chi connectivity index (χ2v) is 7.39.